The lowest BCUT2D eigenvalue weighted by molar-refractivity contribution is 0.0993. The van der Waals surface area contributed by atoms with Crippen molar-refractivity contribution in [3.05, 3.63) is 34.9 Å². The molecule has 1 saturated heterocycles. The fourth-order valence-corrected chi connectivity index (χ4v) is 3.97. The molecule has 1 atom stereocenters. The van der Waals surface area contributed by atoms with Gasteiger partial charge in [0.15, 0.2) is 10.9 Å². The minimum absolute atomic E-state index is 0.122. The lowest BCUT2D eigenvalue weighted by Gasteiger charge is -2.27. The van der Waals surface area contributed by atoms with Crippen molar-refractivity contribution in [3.63, 3.8) is 0 Å². The summed E-state index contributed by atoms with van der Waals surface area (Å²) in [6.45, 7) is 11.9. The van der Waals surface area contributed by atoms with Crippen molar-refractivity contribution in [2.75, 3.05) is 31.2 Å². The van der Waals surface area contributed by atoms with Gasteiger partial charge in [0, 0.05) is 25.2 Å². The second kappa shape index (κ2) is 8.22. The zero-order chi connectivity index (χ0) is 18.7. The van der Waals surface area contributed by atoms with Gasteiger partial charge in [0.1, 0.15) is 0 Å². The minimum Gasteiger partial charge on any atom is -0.378 e. The molecule has 1 aliphatic heterocycles. The van der Waals surface area contributed by atoms with Crippen molar-refractivity contribution < 1.29 is 9.53 Å². The number of hydrogen-bond donors (Lipinski definition) is 0. The largest absolute Gasteiger partial charge is 0.378 e. The van der Waals surface area contributed by atoms with Gasteiger partial charge in [0.2, 0.25) is 5.95 Å². The minimum atomic E-state index is -0.218. The van der Waals surface area contributed by atoms with Crippen molar-refractivity contribution in [2.45, 2.75) is 44.6 Å². The summed E-state index contributed by atoms with van der Waals surface area (Å²) < 4.78 is 7.50. The third-order valence-electron chi connectivity index (χ3n) is 4.75. The van der Waals surface area contributed by atoms with Crippen molar-refractivity contribution in [1.29, 1.82) is 0 Å². The fraction of sp³-hybridized carbons (Fsp3) is 0.526. The number of ether oxygens (including phenoxy) is 1. The van der Waals surface area contributed by atoms with Crippen LogP contribution in [0.25, 0.3) is 0 Å². The number of carbonyl (C=O) groups is 1. The van der Waals surface area contributed by atoms with Gasteiger partial charge < -0.3 is 9.64 Å². The molecule has 1 aliphatic rings. The van der Waals surface area contributed by atoms with E-state index in [1.807, 2.05) is 32.0 Å². The first-order valence-corrected chi connectivity index (χ1v) is 9.93. The van der Waals surface area contributed by atoms with Crippen molar-refractivity contribution >= 4 is 23.5 Å². The van der Waals surface area contributed by atoms with Crippen LogP contribution in [-0.4, -0.2) is 52.1 Å². The van der Waals surface area contributed by atoms with Crippen molar-refractivity contribution in [3.8, 4) is 0 Å². The molecule has 2 aromatic rings. The number of rotatable bonds is 6. The van der Waals surface area contributed by atoms with Gasteiger partial charge in [-0.15, -0.1) is 10.2 Å². The number of thioether (sulfide) groups is 1. The summed E-state index contributed by atoms with van der Waals surface area (Å²) in [5.41, 5.74) is 3.09. The van der Waals surface area contributed by atoms with Crippen molar-refractivity contribution in [1.82, 2.24) is 14.8 Å². The Labute approximate surface area is 158 Å². The summed E-state index contributed by atoms with van der Waals surface area (Å²) in [6, 6.07) is 5.88. The first-order valence-electron chi connectivity index (χ1n) is 9.05. The normalized spacial score (nSPS) is 15.9. The molecule has 0 bridgehead atoms. The first kappa shape index (κ1) is 18.9. The summed E-state index contributed by atoms with van der Waals surface area (Å²) in [5.74, 6) is 0.987. The average molecular weight is 375 g/mol. The highest BCUT2D eigenvalue weighted by molar-refractivity contribution is 8.00. The lowest BCUT2D eigenvalue weighted by Crippen LogP contribution is -2.38. The molecule has 2 heterocycles. The summed E-state index contributed by atoms with van der Waals surface area (Å²) in [5, 5.41) is 9.30. The highest BCUT2D eigenvalue weighted by Crippen LogP contribution is 2.28. The summed E-state index contributed by atoms with van der Waals surface area (Å²) >= 11 is 1.47. The number of carbonyl (C=O) groups excluding carboxylic acids is 1. The molecule has 0 spiro atoms. The topological polar surface area (TPSA) is 60.2 Å². The number of anilines is 1. The molecule has 1 fully saturated rings. The number of aryl methyl sites for hydroxylation is 2. The Morgan fingerprint density at radius 3 is 2.62 bits per heavy atom. The fourth-order valence-electron chi connectivity index (χ4n) is 2.98. The van der Waals surface area contributed by atoms with Crippen molar-refractivity contribution in [2.24, 2.45) is 0 Å². The van der Waals surface area contributed by atoms with Gasteiger partial charge in [-0.3, -0.25) is 9.36 Å². The molecule has 0 saturated carbocycles. The smallest absolute Gasteiger partial charge is 0.228 e. The number of aromatic nitrogens is 3. The van der Waals surface area contributed by atoms with Crippen LogP contribution in [0.1, 0.15) is 35.3 Å². The van der Waals surface area contributed by atoms with E-state index in [1.54, 1.807) is 0 Å². The number of benzene rings is 1. The maximum atomic E-state index is 12.8. The van der Waals surface area contributed by atoms with Crippen LogP contribution >= 0.6 is 11.8 Å². The van der Waals surface area contributed by atoms with Gasteiger partial charge >= 0.3 is 0 Å². The van der Waals surface area contributed by atoms with E-state index in [-0.39, 0.29) is 11.0 Å². The van der Waals surface area contributed by atoms with Crippen LogP contribution in [-0.2, 0) is 11.3 Å². The van der Waals surface area contributed by atoms with Crippen LogP contribution in [0.3, 0.4) is 0 Å². The molecule has 0 unspecified atom stereocenters. The highest BCUT2D eigenvalue weighted by Gasteiger charge is 2.24. The highest BCUT2D eigenvalue weighted by atomic mass is 32.2. The zero-order valence-corrected chi connectivity index (χ0v) is 16.7. The maximum absolute atomic E-state index is 12.8. The van der Waals surface area contributed by atoms with Crippen LogP contribution in [0.15, 0.2) is 23.4 Å². The summed E-state index contributed by atoms with van der Waals surface area (Å²) in [7, 11) is 0. The summed E-state index contributed by atoms with van der Waals surface area (Å²) in [4.78, 5) is 15.0. The molecule has 140 valence electrons. The van der Waals surface area contributed by atoms with Crippen LogP contribution in [0.4, 0.5) is 5.95 Å². The van der Waals surface area contributed by atoms with E-state index in [2.05, 4.69) is 33.5 Å². The van der Waals surface area contributed by atoms with Gasteiger partial charge in [0.05, 0.1) is 18.5 Å². The second-order valence-electron chi connectivity index (χ2n) is 6.55. The third-order valence-corrected chi connectivity index (χ3v) is 5.83. The standard InChI is InChI=1S/C19H26N4O2S/c1-5-23-18(22-8-10-25-11-9-22)20-21-19(23)26-15(4)17(24)16-7-6-13(2)14(3)12-16/h6-7,12,15H,5,8-11H2,1-4H3/t15-/m0/s1. The molecular formula is C19H26N4O2S. The van der Waals surface area contributed by atoms with Gasteiger partial charge in [-0.2, -0.15) is 0 Å². The molecule has 1 aromatic carbocycles. The van der Waals surface area contributed by atoms with E-state index in [4.69, 9.17) is 4.74 Å². The number of ketones is 1. The molecule has 0 aliphatic carbocycles. The monoisotopic (exact) mass is 374 g/mol. The lowest BCUT2D eigenvalue weighted by atomic mass is 10.0. The second-order valence-corrected chi connectivity index (χ2v) is 7.86. The molecule has 0 amide bonds. The van der Waals surface area contributed by atoms with E-state index in [0.717, 1.165) is 41.9 Å². The van der Waals surface area contributed by atoms with Crippen LogP contribution in [0.5, 0.6) is 0 Å². The maximum Gasteiger partial charge on any atom is 0.228 e. The Balaban J connectivity index is 1.76. The summed E-state index contributed by atoms with van der Waals surface area (Å²) in [6.07, 6.45) is 0. The molecular weight excluding hydrogens is 348 g/mol. The SMILES string of the molecule is CCn1c(S[C@@H](C)C(=O)c2ccc(C)c(C)c2)nnc1N1CCOCC1. The Kier molecular flexibility index (Phi) is 5.98. The number of nitrogens with zero attached hydrogens (tertiary/aromatic N) is 4. The Bertz CT molecular complexity index is 784. The number of Topliss-reactive ketones (excluding diaryl/α,β-unsaturated/α-hetero) is 1. The molecule has 0 radical (unpaired) electrons. The third kappa shape index (κ3) is 3.94. The van der Waals surface area contributed by atoms with E-state index >= 15 is 0 Å². The molecule has 1 aromatic heterocycles. The van der Waals surface area contributed by atoms with Gasteiger partial charge in [0.25, 0.3) is 0 Å². The van der Waals surface area contributed by atoms with E-state index in [0.29, 0.717) is 13.2 Å². The Morgan fingerprint density at radius 2 is 1.96 bits per heavy atom. The predicted molar refractivity (Wildman–Crippen MR) is 104 cm³/mol. The quantitative estimate of drug-likeness (QED) is 0.572. The van der Waals surface area contributed by atoms with Crippen LogP contribution in [0, 0.1) is 13.8 Å². The molecule has 7 heteroatoms. The molecule has 3 rings (SSSR count). The predicted octanol–water partition coefficient (Wildman–Crippen LogP) is 3.11. The van der Waals surface area contributed by atoms with Gasteiger partial charge in [-0.25, -0.2) is 0 Å². The van der Waals surface area contributed by atoms with E-state index in [9.17, 15) is 4.79 Å². The van der Waals surface area contributed by atoms with Gasteiger partial charge in [-0.05, 0) is 44.9 Å². The average Bonchev–Trinajstić information content (AvgIpc) is 3.06. The van der Waals surface area contributed by atoms with Crippen LogP contribution < -0.4 is 4.90 Å². The number of morpholine rings is 1. The van der Waals surface area contributed by atoms with Gasteiger partial charge in [-0.1, -0.05) is 23.9 Å². The Morgan fingerprint density at radius 1 is 1.23 bits per heavy atom. The first-order chi connectivity index (χ1) is 12.5. The van der Waals surface area contributed by atoms with Crippen LogP contribution in [0.2, 0.25) is 0 Å². The molecule has 6 nitrogen and oxygen atoms in total. The Hall–Kier alpha value is -1.86. The van der Waals surface area contributed by atoms with E-state index < -0.39 is 0 Å². The number of hydrogen-bond acceptors (Lipinski definition) is 6. The molecule has 0 N–H and O–H groups in total. The van der Waals surface area contributed by atoms with E-state index in [1.165, 1.54) is 17.3 Å². The zero-order valence-electron chi connectivity index (χ0n) is 15.9. The molecule has 26 heavy (non-hydrogen) atoms.